The van der Waals surface area contributed by atoms with Gasteiger partial charge >= 0.3 is 0 Å². The standard InChI is InChI=1S/C16H21NO2/c1-11-7-13-14(17-10-12-5-4-6-18-12)8-16(2,3)9-15(13)19-11/h4-7,14,17H,8-10H2,1-3H3. The largest absolute Gasteiger partial charge is 0.468 e. The van der Waals surface area contributed by atoms with Gasteiger partial charge in [0.25, 0.3) is 0 Å². The van der Waals surface area contributed by atoms with Gasteiger partial charge in [-0.3, -0.25) is 0 Å². The van der Waals surface area contributed by atoms with Crippen molar-refractivity contribution in [2.45, 2.75) is 46.2 Å². The van der Waals surface area contributed by atoms with Crippen LogP contribution in [0.25, 0.3) is 0 Å². The van der Waals surface area contributed by atoms with Gasteiger partial charge in [-0.2, -0.15) is 0 Å². The molecular weight excluding hydrogens is 238 g/mol. The van der Waals surface area contributed by atoms with Gasteiger partial charge in [-0.15, -0.1) is 0 Å². The molecule has 0 aliphatic heterocycles. The molecule has 0 radical (unpaired) electrons. The van der Waals surface area contributed by atoms with Crippen molar-refractivity contribution in [2.75, 3.05) is 0 Å². The van der Waals surface area contributed by atoms with Gasteiger partial charge in [0.1, 0.15) is 17.3 Å². The number of hydrogen-bond donors (Lipinski definition) is 1. The summed E-state index contributed by atoms with van der Waals surface area (Å²) in [5.41, 5.74) is 1.60. The highest BCUT2D eigenvalue weighted by Crippen LogP contribution is 2.42. The second-order valence-electron chi connectivity index (χ2n) is 6.29. The minimum atomic E-state index is 0.276. The maximum Gasteiger partial charge on any atom is 0.117 e. The number of rotatable bonds is 3. The second-order valence-corrected chi connectivity index (χ2v) is 6.29. The van der Waals surface area contributed by atoms with Crippen LogP contribution in [0.15, 0.2) is 33.3 Å². The summed E-state index contributed by atoms with van der Waals surface area (Å²) in [5, 5.41) is 3.60. The fraction of sp³-hybridized carbons (Fsp3) is 0.500. The Morgan fingerprint density at radius 1 is 1.42 bits per heavy atom. The average molecular weight is 259 g/mol. The van der Waals surface area contributed by atoms with Crippen molar-refractivity contribution in [1.82, 2.24) is 5.32 Å². The van der Waals surface area contributed by atoms with Crippen LogP contribution in [-0.2, 0) is 13.0 Å². The monoisotopic (exact) mass is 259 g/mol. The Bertz CT molecular complexity index is 551. The van der Waals surface area contributed by atoms with E-state index in [1.54, 1.807) is 6.26 Å². The van der Waals surface area contributed by atoms with E-state index in [9.17, 15) is 0 Å². The third-order valence-corrected chi connectivity index (χ3v) is 3.84. The zero-order valence-electron chi connectivity index (χ0n) is 11.8. The Morgan fingerprint density at radius 3 is 3.00 bits per heavy atom. The van der Waals surface area contributed by atoms with Crippen LogP contribution in [0.3, 0.4) is 0 Å². The van der Waals surface area contributed by atoms with Gasteiger partial charge in [0.2, 0.25) is 0 Å². The average Bonchev–Trinajstić information content (AvgIpc) is 2.93. The van der Waals surface area contributed by atoms with E-state index >= 15 is 0 Å². The van der Waals surface area contributed by atoms with Crippen molar-refractivity contribution in [3.8, 4) is 0 Å². The second kappa shape index (κ2) is 4.57. The summed E-state index contributed by atoms with van der Waals surface area (Å²) < 4.78 is 11.2. The minimum Gasteiger partial charge on any atom is -0.468 e. The predicted molar refractivity (Wildman–Crippen MR) is 73.8 cm³/mol. The number of aryl methyl sites for hydroxylation is 1. The van der Waals surface area contributed by atoms with Gasteiger partial charge in [-0.1, -0.05) is 13.8 Å². The van der Waals surface area contributed by atoms with Crippen molar-refractivity contribution in [2.24, 2.45) is 5.41 Å². The SMILES string of the molecule is Cc1cc2c(o1)CC(C)(C)CC2NCc1ccco1. The number of hydrogen-bond acceptors (Lipinski definition) is 3. The Hall–Kier alpha value is -1.48. The van der Waals surface area contributed by atoms with Crippen molar-refractivity contribution in [1.29, 1.82) is 0 Å². The molecule has 0 amide bonds. The number of furan rings is 2. The van der Waals surface area contributed by atoms with Crippen LogP contribution >= 0.6 is 0 Å². The van der Waals surface area contributed by atoms with E-state index < -0.39 is 0 Å². The van der Waals surface area contributed by atoms with E-state index in [0.29, 0.717) is 6.04 Å². The molecule has 3 rings (SSSR count). The molecule has 0 saturated carbocycles. The molecule has 2 aromatic heterocycles. The van der Waals surface area contributed by atoms with Gasteiger partial charge in [-0.25, -0.2) is 0 Å². The lowest BCUT2D eigenvalue weighted by atomic mass is 9.74. The molecule has 0 fully saturated rings. The van der Waals surface area contributed by atoms with Crippen LogP contribution in [0.1, 0.15) is 49.2 Å². The van der Waals surface area contributed by atoms with E-state index in [1.807, 2.05) is 19.1 Å². The molecule has 19 heavy (non-hydrogen) atoms. The molecule has 0 saturated heterocycles. The first-order valence-electron chi connectivity index (χ1n) is 6.88. The zero-order chi connectivity index (χ0) is 13.5. The Balaban J connectivity index is 1.80. The van der Waals surface area contributed by atoms with Crippen LogP contribution in [-0.4, -0.2) is 0 Å². The van der Waals surface area contributed by atoms with Crippen molar-refractivity contribution >= 4 is 0 Å². The maximum atomic E-state index is 5.85. The highest BCUT2D eigenvalue weighted by atomic mass is 16.3. The molecule has 3 heteroatoms. The van der Waals surface area contributed by atoms with Crippen molar-refractivity contribution in [3.63, 3.8) is 0 Å². The first-order chi connectivity index (χ1) is 9.03. The lowest BCUT2D eigenvalue weighted by Gasteiger charge is -2.34. The van der Waals surface area contributed by atoms with E-state index in [-0.39, 0.29) is 5.41 Å². The molecule has 1 aliphatic carbocycles. The normalized spacial score (nSPS) is 21.3. The Kier molecular flexibility index (Phi) is 3.02. The quantitative estimate of drug-likeness (QED) is 0.906. The third kappa shape index (κ3) is 2.61. The summed E-state index contributed by atoms with van der Waals surface area (Å²) >= 11 is 0. The fourth-order valence-electron chi connectivity index (χ4n) is 3.00. The molecule has 0 aromatic carbocycles. The fourth-order valence-corrected chi connectivity index (χ4v) is 3.00. The topological polar surface area (TPSA) is 38.3 Å². The third-order valence-electron chi connectivity index (χ3n) is 3.84. The van der Waals surface area contributed by atoms with Gasteiger partial charge < -0.3 is 14.2 Å². The van der Waals surface area contributed by atoms with Gasteiger partial charge in [-0.05, 0) is 37.0 Å². The molecule has 1 atom stereocenters. The van der Waals surface area contributed by atoms with E-state index in [0.717, 1.165) is 36.7 Å². The molecule has 0 bridgehead atoms. The van der Waals surface area contributed by atoms with Crippen LogP contribution in [0.2, 0.25) is 0 Å². The van der Waals surface area contributed by atoms with Gasteiger partial charge in [0, 0.05) is 18.0 Å². The molecule has 1 N–H and O–H groups in total. The summed E-state index contributed by atoms with van der Waals surface area (Å²) in [6.45, 7) is 7.39. The highest BCUT2D eigenvalue weighted by molar-refractivity contribution is 5.29. The van der Waals surface area contributed by atoms with E-state index in [1.165, 1.54) is 5.56 Å². The summed E-state index contributed by atoms with van der Waals surface area (Å²) in [6.07, 6.45) is 3.87. The number of nitrogens with one attached hydrogen (secondary N) is 1. The Labute approximate surface area is 114 Å². The molecular formula is C16H21NO2. The summed E-state index contributed by atoms with van der Waals surface area (Å²) in [4.78, 5) is 0. The van der Waals surface area contributed by atoms with E-state index in [2.05, 4.69) is 25.2 Å². The van der Waals surface area contributed by atoms with Crippen molar-refractivity contribution < 1.29 is 8.83 Å². The van der Waals surface area contributed by atoms with Crippen LogP contribution in [0, 0.1) is 12.3 Å². The number of fused-ring (bicyclic) bond motifs is 1. The zero-order valence-corrected chi connectivity index (χ0v) is 11.8. The van der Waals surface area contributed by atoms with Crippen LogP contribution < -0.4 is 5.32 Å². The molecule has 2 aromatic rings. The first-order valence-corrected chi connectivity index (χ1v) is 6.88. The lowest BCUT2D eigenvalue weighted by Crippen LogP contribution is -2.32. The lowest BCUT2D eigenvalue weighted by molar-refractivity contribution is 0.231. The van der Waals surface area contributed by atoms with Gasteiger partial charge in [0.05, 0.1) is 12.8 Å². The Morgan fingerprint density at radius 2 is 2.26 bits per heavy atom. The van der Waals surface area contributed by atoms with Gasteiger partial charge in [0.15, 0.2) is 0 Å². The van der Waals surface area contributed by atoms with Crippen LogP contribution in [0.4, 0.5) is 0 Å². The summed E-state index contributed by atoms with van der Waals surface area (Å²) in [7, 11) is 0. The molecule has 3 nitrogen and oxygen atoms in total. The molecule has 0 spiro atoms. The van der Waals surface area contributed by atoms with Crippen molar-refractivity contribution in [3.05, 3.63) is 47.3 Å². The molecule has 2 heterocycles. The smallest absolute Gasteiger partial charge is 0.117 e. The highest BCUT2D eigenvalue weighted by Gasteiger charge is 2.34. The minimum absolute atomic E-state index is 0.276. The maximum absolute atomic E-state index is 5.85. The van der Waals surface area contributed by atoms with E-state index in [4.69, 9.17) is 8.83 Å². The predicted octanol–water partition coefficient (Wildman–Crippen LogP) is 3.98. The molecule has 102 valence electrons. The summed E-state index contributed by atoms with van der Waals surface area (Å²) in [6, 6.07) is 6.45. The van der Waals surface area contributed by atoms with Crippen LogP contribution in [0.5, 0.6) is 0 Å². The molecule has 1 aliphatic rings. The first kappa shape index (κ1) is 12.5. The molecule has 1 unspecified atom stereocenters. The summed E-state index contributed by atoms with van der Waals surface area (Å²) in [5.74, 6) is 3.13.